The number of nitrogens with zero attached hydrogens (tertiary/aromatic N) is 3. The molecule has 5 heterocycles. The second kappa shape index (κ2) is 4.55. The number of H-pyrrole nitrogens is 1. The first-order chi connectivity index (χ1) is 11.6. The first kappa shape index (κ1) is 13.5. The molecule has 7 nitrogen and oxygen atoms in total. The summed E-state index contributed by atoms with van der Waals surface area (Å²) in [6, 6.07) is 1.43. The highest BCUT2D eigenvalue weighted by molar-refractivity contribution is 6.35. The molecule has 3 aromatic heterocycles. The number of hydrogen-bond acceptors (Lipinski definition) is 5. The van der Waals surface area contributed by atoms with E-state index >= 15 is 0 Å². The van der Waals surface area contributed by atoms with Gasteiger partial charge in [-0.1, -0.05) is 11.6 Å². The highest BCUT2D eigenvalue weighted by atomic mass is 35.5. The lowest BCUT2D eigenvalue weighted by molar-refractivity contribution is -0.115. The van der Waals surface area contributed by atoms with Crippen LogP contribution >= 0.6 is 11.6 Å². The summed E-state index contributed by atoms with van der Waals surface area (Å²) in [5.41, 5.74) is 2.91. The van der Waals surface area contributed by atoms with Gasteiger partial charge in [0.15, 0.2) is 5.78 Å². The Kier molecular flexibility index (Phi) is 2.56. The number of hydrogen-bond donors (Lipinski definition) is 2. The lowest BCUT2D eigenvalue weighted by Gasteiger charge is -2.19. The topological polar surface area (TPSA) is 90.8 Å². The van der Waals surface area contributed by atoms with Gasteiger partial charge in [-0.05, 0) is 6.07 Å². The van der Waals surface area contributed by atoms with Crippen LogP contribution < -0.4 is 10.2 Å². The van der Waals surface area contributed by atoms with Crippen molar-refractivity contribution in [3.63, 3.8) is 0 Å². The molecule has 1 atom stereocenters. The Morgan fingerprint density at radius 3 is 3.04 bits per heavy atom. The number of pyridine rings is 2. The number of aromatic amines is 1. The summed E-state index contributed by atoms with van der Waals surface area (Å²) in [5, 5.41) is 3.85. The van der Waals surface area contributed by atoms with Gasteiger partial charge in [0.05, 0.1) is 33.5 Å². The SMILES string of the molecule is O=C(c1ccncc1Cl)c1c[nH]c2ncc3c(c12)N1CC1C(=O)N3. The van der Waals surface area contributed by atoms with Crippen LogP contribution in [-0.4, -0.2) is 39.2 Å². The quantitative estimate of drug-likeness (QED) is 0.550. The number of amides is 1. The number of carbonyl (C=O) groups excluding carboxylic acids is 2. The first-order valence-corrected chi connectivity index (χ1v) is 7.75. The van der Waals surface area contributed by atoms with E-state index in [1.807, 2.05) is 4.90 Å². The first-order valence-electron chi connectivity index (χ1n) is 7.37. The molecule has 118 valence electrons. The predicted octanol–water partition coefficient (Wildman–Crippen LogP) is 1.98. The summed E-state index contributed by atoms with van der Waals surface area (Å²) in [7, 11) is 0. The van der Waals surface area contributed by atoms with E-state index in [4.69, 9.17) is 11.6 Å². The van der Waals surface area contributed by atoms with Gasteiger partial charge in [0.1, 0.15) is 11.7 Å². The minimum atomic E-state index is -0.209. The molecule has 8 heteroatoms. The molecule has 1 fully saturated rings. The maximum atomic E-state index is 12.9. The maximum absolute atomic E-state index is 12.9. The van der Waals surface area contributed by atoms with Crippen molar-refractivity contribution in [1.82, 2.24) is 15.0 Å². The van der Waals surface area contributed by atoms with E-state index in [0.717, 1.165) is 5.69 Å². The third-order valence-corrected chi connectivity index (χ3v) is 4.70. The van der Waals surface area contributed by atoms with Gasteiger partial charge < -0.3 is 15.2 Å². The monoisotopic (exact) mass is 339 g/mol. The number of carbonyl (C=O) groups is 2. The van der Waals surface area contributed by atoms with Crippen molar-refractivity contribution in [3.05, 3.63) is 47.0 Å². The number of anilines is 2. The Morgan fingerprint density at radius 2 is 2.21 bits per heavy atom. The zero-order valence-corrected chi connectivity index (χ0v) is 13.0. The average molecular weight is 340 g/mol. The second-order valence-electron chi connectivity index (χ2n) is 5.79. The second-order valence-corrected chi connectivity index (χ2v) is 6.20. The minimum absolute atomic E-state index is 0.0377. The van der Waals surface area contributed by atoms with Crippen LogP contribution in [0.3, 0.4) is 0 Å². The number of halogens is 1. The Balaban J connectivity index is 1.74. The fourth-order valence-corrected chi connectivity index (χ4v) is 3.38. The van der Waals surface area contributed by atoms with Crippen LogP contribution in [0.2, 0.25) is 5.02 Å². The lowest BCUT2D eigenvalue weighted by Crippen LogP contribution is -2.26. The zero-order chi connectivity index (χ0) is 16.4. The number of ketones is 1. The number of aromatic nitrogens is 3. The van der Waals surface area contributed by atoms with Gasteiger partial charge in [-0.15, -0.1) is 0 Å². The molecule has 0 radical (unpaired) electrons. The molecule has 0 saturated carbocycles. The third-order valence-electron chi connectivity index (χ3n) is 4.40. The molecular formula is C16H10ClN5O2. The smallest absolute Gasteiger partial charge is 0.249 e. The largest absolute Gasteiger partial charge is 0.353 e. The van der Waals surface area contributed by atoms with Crippen molar-refractivity contribution in [2.24, 2.45) is 0 Å². The molecule has 5 rings (SSSR count). The molecule has 24 heavy (non-hydrogen) atoms. The average Bonchev–Trinajstić information content (AvgIpc) is 3.27. The molecule has 2 aliphatic heterocycles. The van der Waals surface area contributed by atoms with Gasteiger partial charge in [-0.25, -0.2) is 4.98 Å². The molecule has 1 amide bonds. The van der Waals surface area contributed by atoms with Crippen LogP contribution in [0, 0.1) is 0 Å². The molecule has 0 aromatic carbocycles. The van der Waals surface area contributed by atoms with E-state index < -0.39 is 0 Å². The molecular weight excluding hydrogens is 330 g/mol. The molecule has 1 saturated heterocycles. The predicted molar refractivity (Wildman–Crippen MR) is 88.5 cm³/mol. The summed E-state index contributed by atoms with van der Waals surface area (Å²) < 4.78 is 0. The van der Waals surface area contributed by atoms with Crippen molar-refractivity contribution >= 4 is 45.7 Å². The summed E-state index contributed by atoms with van der Waals surface area (Å²) in [5.74, 6) is -0.247. The molecule has 0 bridgehead atoms. The Morgan fingerprint density at radius 1 is 1.33 bits per heavy atom. The van der Waals surface area contributed by atoms with Crippen molar-refractivity contribution in [1.29, 1.82) is 0 Å². The van der Waals surface area contributed by atoms with Crippen LogP contribution in [-0.2, 0) is 4.79 Å². The van der Waals surface area contributed by atoms with Crippen LogP contribution in [0.4, 0.5) is 11.4 Å². The molecule has 0 spiro atoms. The van der Waals surface area contributed by atoms with Gasteiger partial charge >= 0.3 is 0 Å². The van der Waals surface area contributed by atoms with Crippen molar-refractivity contribution < 1.29 is 9.59 Å². The van der Waals surface area contributed by atoms with E-state index in [1.54, 1.807) is 18.5 Å². The lowest BCUT2D eigenvalue weighted by atomic mass is 10.0. The van der Waals surface area contributed by atoms with Gasteiger partial charge in [0.2, 0.25) is 5.91 Å². The van der Waals surface area contributed by atoms with E-state index in [2.05, 4.69) is 20.3 Å². The van der Waals surface area contributed by atoms with Crippen LogP contribution in [0.1, 0.15) is 15.9 Å². The van der Waals surface area contributed by atoms with Crippen molar-refractivity contribution in [2.75, 3.05) is 16.8 Å². The molecule has 2 aliphatic rings. The van der Waals surface area contributed by atoms with E-state index in [1.165, 1.54) is 12.4 Å². The van der Waals surface area contributed by atoms with E-state index in [0.29, 0.717) is 39.4 Å². The molecule has 0 aliphatic carbocycles. The fourth-order valence-electron chi connectivity index (χ4n) is 3.18. The fraction of sp³-hybridized carbons (Fsp3) is 0.125. The maximum Gasteiger partial charge on any atom is 0.249 e. The van der Waals surface area contributed by atoms with Crippen molar-refractivity contribution in [2.45, 2.75) is 6.04 Å². The number of rotatable bonds is 2. The van der Waals surface area contributed by atoms with Crippen LogP contribution in [0.15, 0.2) is 30.9 Å². The standard InChI is InChI=1S/C16H10ClN5O2/c17-9-4-18-2-1-7(9)14(23)8-3-19-15-12(8)13-10(5-20-15)21-16(24)11-6-22(11)13/h1-5,11H,6H2,(H,19,20)(H,21,24). The normalized spacial score (nSPS) is 18.1. The highest BCUT2D eigenvalue weighted by Crippen LogP contribution is 2.44. The summed E-state index contributed by atoms with van der Waals surface area (Å²) >= 11 is 6.11. The van der Waals surface area contributed by atoms with Crippen LogP contribution in [0.25, 0.3) is 11.0 Å². The molecule has 1 unspecified atom stereocenters. The summed E-state index contributed by atoms with van der Waals surface area (Å²) in [4.78, 5) is 38.0. The summed E-state index contributed by atoms with van der Waals surface area (Å²) in [6.45, 7) is 0.646. The number of fused-ring (bicyclic) bond motifs is 5. The number of nitrogens with one attached hydrogen (secondary N) is 2. The molecule has 3 aromatic rings. The Hall–Kier alpha value is -2.93. The van der Waals surface area contributed by atoms with Gasteiger partial charge in [0.25, 0.3) is 0 Å². The van der Waals surface area contributed by atoms with E-state index in [9.17, 15) is 9.59 Å². The third kappa shape index (κ3) is 1.73. The van der Waals surface area contributed by atoms with Crippen LogP contribution in [0.5, 0.6) is 0 Å². The van der Waals surface area contributed by atoms with E-state index in [-0.39, 0.29) is 17.7 Å². The Bertz CT molecular complexity index is 1040. The highest BCUT2D eigenvalue weighted by Gasteiger charge is 2.47. The zero-order valence-electron chi connectivity index (χ0n) is 12.2. The minimum Gasteiger partial charge on any atom is -0.353 e. The van der Waals surface area contributed by atoms with Gasteiger partial charge in [0, 0.05) is 30.7 Å². The summed E-state index contributed by atoms with van der Waals surface area (Å²) in [6.07, 6.45) is 6.21. The Labute approximate surface area is 140 Å². The van der Waals surface area contributed by atoms with Gasteiger partial charge in [-0.2, -0.15) is 0 Å². The van der Waals surface area contributed by atoms with Crippen molar-refractivity contribution in [3.8, 4) is 0 Å². The van der Waals surface area contributed by atoms with Gasteiger partial charge in [-0.3, -0.25) is 14.6 Å². The molecule has 2 N–H and O–H groups in total.